The number of hydrogen-bond donors (Lipinski definition) is 1. The van der Waals surface area contributed by atoms with Crippen LogP contribution in [0.5, 0.6) is 0 Å². The Kier molecular flexibility index (Phi) is 2.42. The molecule has 0 saturated carbocycles. The summed E-state index contributed by atoms with van der Waals surface area (Å²) in [7, 11) is 0. The van der Waals surface area contributed by atoms with E-state index in [0.29, 0.717) is 0 Å². The number of benzene rings is 2. The van der Waals surface area contributed by atoms with Crippen molar-refractivity contribution in [1.29, 1.82) is 0 Å². The van der Waals surface area contributed by atoms with E-state index in [-0.39, 0.29) is 6.61 Å². The molecule has 0 saturated heterocycles. The second kappa shape index (κ2) is 4.07. The summed E-state index contributed by atoms with van der Waals surface area (Å²) in [5.41, 5.74) is 2.81. The van der Waals surface area contributed by atoms with Crippen molar-refractivity contribution in [3.63, 3.8) is 0 Å². The smallest absolute Gasteiger partial charge is 0.135 e. The van der Waals surface area contributed by atoms with Gasteiger partial charge in [-0.3, -0.25) is 0 Å². The molecule has 0 aliphatic heterocycles. The zero-order valence-electron chi connectivity index (χ0n) is 9.26. The highest BCUT2D eigenvalue weighted by atomic mass is 16.3. The molecule has 2 heteroatoms. The molecule has 17 heavy (non-hydrogen) atoms. The lowest BCUT2D eigenvalue weighted by Gasteiger charge is -1.94. The molecule has 0 aliphatic carbocycles. The maximum atomic E-state index is 9.09. The number of rotatable bonds is 2. The first-order valence-corrected chi connectivity index (χ1v) is 5.55. The lowest BCUT2D eigenvalue weighted by atomic mass is 10.1. The Bertz CT molecular complexity index is 638. The minimum Gasteiger partial charge on any atom is -0.456 e. The van der Waals surface area contributed by atoms with Crippen LogP contribution < -0.4 is 0 Å². The molecule has 1 aromatic heterocycles. The first-order chi connectivity index (χ1) is 8.36. The van der Waals surface area contributed by atoms with Gasteiger partial charge in [0.05, 0.1) is 6.61 Å². The molecule has 2 nitrogen and oxygen atoms in total. The van der Waals surface area contributed by atoms with Gasteiger partial charge in [-0.2, -0.15) is 0 Å². The largest absolute Gasteiger partial charge is 0.456 e. The normalized spacial score (nSPS) is 10.9. The Hall–Kier alpha value is -2.06. The van der Waals surface area contributed by atoms with Crippen molar-refractivity contribution in [2.75, 3.05) is 0 Å². The number of furan rings is 1. The van der Waals surface area contributed by atoms with Crippen LogP contribution in [0.25, 0.3) is 22.3 Å². The third-order valence-corrected chi connectivity index (χ3v) is 2.82. The van der Waals surface area contributed by atoms with Crippen LogP contribution in [0.2, 0.25) is 0 Å². The number of fused-ring (bicyclic) bond motifs is 1. The molecule has 1 heterocycles. The van der Waals surface area contributed by atoms with Gasteiger partial charge in [0.25, 0.3) is 0 Å². The number of hydrogen-bond acceptors (Lipinski definition) is 2. The van der Waals surface area contributed by atoms with E-state index < -0.39 is 0 Å². The van der Waals surface area contributed by atoms with Crippen molar-refractivity contribution >= 4 is 11.0 Å². The summed E-state index contributed by atoms with van der Waals surface area (Å²) in [6.07, 6.45) is 0. The van der Waals surface area contributed by atoms with Crippen molar-refractivity contribution in [2.45, 2.75) is 6.61 Å². The monoisotopic (exact) mass is 224 g/mol. The first-order valence-electron chi connectivity index (χ1n) is 5.55. The van der Waals surface area contributed by atoms with Gasteiger partial charge in [0.15, 0.2) is 0 Å². The minimum absolute atomic E-state index is 0.0573. The summed E-state index contributed by atoms with van der Waals surface area (Å²) in [6.45, 7) is 0.0573. The Morgan fingerprint density at radius 3 is 2.53 bits per heavy atom. The molecule has 0 fully saturated rings. The molecule has 0 radical (unpaired) electrons. The van der Waals surface area contributed by atoms with Gasteiger partial charge < -0.3 is 9.52 Å². The molecule has 0 unspecified atom stereocenters. The van der Waals surface area contributed by atoms with E-state index in [1.807, 2.05) is 54.6 Å². The maximum Gasteiger partial charge on any atom is 0.135 e. The highest BCUT2D eigenvalue weighted by Crippen LogP contribution is 2.28. The minimum atomic E-state index is 0.0573. The van der Waals surface area contributed by atoms with Gasteiger partial charge in [0, 0.05) is 10.9 Å². The van der Waals surface area contributed by atoms with E-state index in [9.17, 15) is 0 Å². The fourth-order valence-electron chi connectivity index (χ4n) is 1.94. The molecule has 0 aliphatic rings. The van der Waals surface area contributed by atoms with E-state index >= 15 is 0 Å². The number of aliphatic hydroxyl groups is 1. The summed E-state index contributed by atoms with van der Waals surface area (Å²) in [6, 6.07) is 17.7. The lowest BCUT2D eigenvalue weighted by Crippen LogP contribution is -1.79. The summed E-state index contributed by atoms with van der Waals surface area (Å²) in [5, 5.41) is 10.1. The van der Waals surface area contributed by atoms with Gasteiger partial charge in [0.2, 0.25) is 0 Å². The number of aliphatic hydroxyl groups excluding tert-OH is 1. The van der Waals surface area contributed by atoms with Crippen LogP contribution in [-0.2, 0) is 6.61 Å². The van der Waals surface area contributed by atoms with E-state index in [1.165, 1.54) is 0 Å². The molecule has 2 aromatic carbocycles. The molecule has 0 amide bonds. The molecular weight excluding hydrogens is 212 g/mol. The van der Waals surface area contributed by atoms with Gasteiger partial charge in [-0.15, -0.1) is 0 Å². The molecule has 3 rings (SSSR count). The van der Waals surface area contributed by atoms with E-state index in [1.54, 1.807) is 0 Å². The molecule has 0 bridgehead atoms. The van der Waals surface area contributed by atoms with E-state index in [4.69, 9.17) is 9.52 Å². The first kappa shape index (κ1) is 10.1. The molecule has 3 aromatic rings. The fraction of sp³-hybridized carbons (Fsp3) is 0.0667. The van der Waals surface area contributed by atoms with Crippen molar-refractivity contribution in [2.24, 2.45) is 0 Å². The van der Waals surface area contributed by atoms with Crippen LogP contribution in [0, 0.1) is 0 Å². The topological polar surface area (TPSA) is 33.4 Å². The zero-order valence-corrected chi connectivity index (χ0v) is 9.26. The highest BCUT2D eigenvalue weighted by molar-refractivity contribution is 5.83. The predicted octanol–water partition coefficient (Wildman–Crippen LogP) is 3.59. The Morgan fingerprint density at radius 2 is 1.76 bits per heavy atom. The van der Waals surface area contributed by atoms with Gasteiger partial charge in [-0.1, -0.05) is 36.4 Å². The summed E-state index contributed by atoms with van der Waals surface area (Å²) in [5.74, 6) is 0.857. The van der Waals surface area contributed by atoms with Crippen LogP contribution in [0.4, 0.5) is 0 Å². The van der Waals surface area contributed by atoms with Crippen molar-refractivity contribution < 1.29 is 9.52 Å². The van der Waals surface area contributed by atoms with Crippen LogP contribution >= 0.6 is 0 Å². The van der Waals surface area contributed by atoms with Gasteiger partial charge in [0.1, 0.15) is 11.3 Å². The second-order valence-electron chi connectivity index (χ2n) is 4.01. The van der Waals surface area contributed by atoms with Gasteiger partial charge >= 0.3 is 0 Å². The van der Waals surface area contributed by atoms with Crippen molar-refractivity contribution in [3.05, 3.63) is 60.2 Å². The maximum absolute atomic E-state index is 9.09. The third-order valence-electron chi connectivity index (χ3n) is 2.82. The van der Waals surface area contributed by atoms with Gasteiger partial charge in [-0.05, 0) is 23.8 Å². The SMILES string of the molecule is OCc1ccc2oc(-c3ccccc3)cc2c1. The van der Waals surface area contributed by atoms with E-state index in [0.717, 1.165) is 27.9 Å². The quantitative estimate of drug-likeness (QED) is 0.721. The summed E-state index contributed by atoms with van der Waals surface area (Å²) < 4.78 is 5.77. The average Bonchev–Trinajstić information content (AvgIpc) is 2.82. The standard InChI is InChI=1S/C15H12O2/c16-10-11-6-7-14-13(8-11)9-15(17-14)12-4-2-1-3-5-12/h1-9,16H,10H2. The Balaban J connectivity index is 2.14. The van der Waals surface area contributed by atoms with Crippen LogP contribution in [0.15, 0.2) is 59.0 Å². The van der Waals surface area contributed by atoms with E-state index in [2.05, 4.69) is 0 Å². The van der Waals surface area contributed by atoms with Gasteiger partial charge in [-0.25, -0.2) is 0 Å². The summed E-state index contributed by atoms with van der Waals surface area (Å²) >= 11 is 0. The van der Waals surface area contributed by atoms with Crippen LogP contribution in [0.3, 0.4) is 0 Å². The molecule has 0 spiro atoms. The predicted molar refractivity (Wildman–Crippen MR) is 67.6 cm³/mol. The molecule has 1 N–H and O–H groups in total. The Labute approximate surface area is 99.1 Å². The summed E-state index contributed by atoms with van der Waals surface area (Å²) in [4.78, 5) is 0. The Morgan fingerprint density at radius 1 is 0.941 bits per heavy atom. The van der Waals surface area contributed by atoms with Crippen molar-refractivity contribution in [1.82, 2.24) is 0 Å². The lowest BCUT2D eigenvalue weighted by molar-refractivity contribution is 0.282. The van der Waals surface area contributed by atoms with Crippen molar-refractivity contribution in [3.8, 4) is 11.3 Å². The zero-order chi connectivity index (χ0) is 11.7. The third kappa shape index (κ3) is 1.83. The average molecular weight is 224 g/mol. The fourth-order valence-corrected chi connectivity index (χ4v) is 1.94. The van der Waals surface area contributed by atoms with Crippen LogP contribution in [-0.4, -0.2) is 5.11 Å². The molecule has 84 valence electrons. The highest BCUT2D eigenvalue weighted by Gasteiger charge is 2.05. The molecular formula is C15H12O2. The molecule has 0 atom stereocenters. The van der Waals surface area contributed by atoms with Crippen LogP contribution in [0.1, 0.15) is 5.56 Å². The second-order valence-corrected chi connectivity index (χ2v) is 4.01.